The van der Waals surface area contributed by atoms with Crippen molar-refractivity contribution in [1.82, 2.24) is 9.55 Å². The number of carbonyl (C=O) groups is 1. The van der Waals surface area contributed by atoms with E-state index in [9.17, 15) is 4.79 Å². The summed E-state index contributed by atoms with van der Waals surface area (Å²) in [4.78, 5) is 18.0. The largest absolute Gasteiger partial charge is 0.494 e. The van der Waals surface area contributed by atoms with Crippen molar-refractivity contribution in [2.24, 2.45) is 0 Å². The van der Waals surface area contributed by atoms with Crippen LogP contribution < -0.4 is 9.64 Å². The first-order valence-corrected chi connectivity index (χ1v) is 10.9. The van der Waals surface area contributed by atoms with Crippen LogP contribution in [0.2, 0.25) is 0 Å². The summed E-state index contributed by atoms with van der Waals surface area (Å²) in [6.45, 7) is 2.66. The maximum atomic E-state index is 10.6. The first kappa shape index (κ1) is 20.3. The Kier molecular flexibility index (Phi) is 6.52. The van der Waals surface area contributed by atoms with Gasteiger partial charge in [-0.2, -0.15) is 0 Å². The number of benzene rings is 2. The summed E-state index contributed by atoms with van der Waals surface area (Å²) in [5.41, 5.74) is 3.12. The number of hydrogen-bond acceptors (Lipinski definition) is 4. The van der Waals surface area contributed by atoms with Crippen molar-refractivity contribution in [3.63, 3.8) is 0 Å². The van der Waals surface area contributed by atoms with E-state index in [-0.39, 0.29) is 6.42 Å². The van der Waals surface area contributed by atoms with E-state index in [0.29, 0.717) is 13.0 Å². The summed E-state index contributed by atoms with van der Waals surface area (Å²) >= 11 is 0. The monoisotopic (exact) mass is 407 g/mol. The molecule has 1 fully saturated rings. The maximum absolute atomic E-state index is 10.6. The molecule has 6 nitrogen and oxygen atoms in total. The third kappa shape index (κ3) is 4.75. The van der Waals surface area contributed by atoms with Gasteiger partial charge in [0.05, 0.1) is 17.6 Å². The second-order valence-electron chi connectivity index (χ2n) is 7.83. The number of carboxylic acids is 1. The molecular formula is C24H29N3O3. The second kappa shape index (κ2) is 9.65. The van der Waals surface area contributed by atoms with Crippen molar-refractivity contribution in [3.05, 3.63) is 48.5 Å². The van der Waals surface area contributed by atoms with Crippen LogP contribution in [0.4, 0.5) is 5.95 Å². The van der Waals surface area contributed by atoms with Crippen molar-refractivity contribution in [2.45, 2.75) is 44.9 Å². The summed E-state index contributed by atoms with van der Waals surface area (Å²) in [6.07, 6.45) is 6.31. The van der Waals surface area contributed by atoms with Gasteiger partial charge in [-0.05, 0) is 62.8 Å². The molecule has 0 aliphatic carbocycles. The number of fused-ring (bicyclic) bond motifs is 1. The van der Waals surface area contributed by atoms with Gasteiger partial charge in [0.2, 0.25) is 5.95 Å². The maximum Gasteiger partial charge on any atom is 0.303 e. The van der Waals surface area contributed by atoms with Gasteiger partial charge in [-0.15, -0.1) is 0 Å². The molecule has 0 amide bonds. The zero-order chi connectivity index (χ0) is 20.8. The summed E-state index contributed by atoms with van der Waals surface area (Å²) in [5, 5.41) is 8.72. The number of para-hydroxylation sites is 1. The lowest BCUT2D eigenvalue weighted by molar-refractivity contribution is -0.137. The van der Waals surface area contributed by atoms with E-state index < -0.39 is 5.97 Å². The van der Waals surface area contributed by atoms with Crippen LogP contribution in [0.15, 0.2) is 48.5 Å². The van der Waals surface area contributed by atoms with E-state index in [1.807, 2.05) is 18.2 Å². The van der Waals surface area contributed by atoms with Crippen molar-refractivity contribution in [2.75, 3.05) is 24.6 Å². The molecule has 0 unspecified atom stereocenters. The molecule has 2 heterocycles. The molecule has 1 aliphatic heterocycles. The predicted octanol–water partition coefficient (Wildman–Crippen LogP) is 5.04. The van der Waals surface area contributed by atoms with E-state index in [1.165, 1.54) is 19.3 Å². The third-order valence-corrected chi connectivity index (χ3v) is 5.57. The Hall–Kier alpha value is -3.02. The van der Waals surface area contributed by atoms with Gasteiger partial charge in [0.1, 0.15) is 5.75 Å². The van der Waals surface area contributed by atoms with Crippen molar-refractivity contribution >= 4 is 23.0 Å². The highest BCUT2D eigenvalue weighted by atomic mass is 16.5. The van der Waals surface area contributed by atoms with Crippen LogP contribution in [0.1, 0.15) is 44.9 Å². The molecule has 0 radical (unpaired) electrons. The fourth-order valence-corrected chi connectivity index (χ4v) is 4.01. The zero-order valence-corrected chi connectivity index (χ0v) is 17.3. The minimum atomic E-state index is -0.736. The molecule has 2 aromatic carbocycles. The summed E-state index contributed by atoms with van der Waals surface area (Å²) in [6, 6.07) is 16.4. The number of unbranched alkanes of at least 4 members (excludes halogenated alkanes) is 2. The lowest BCUT2D eigenvalue weighted by Crippen LogP contribution is -2.31. The van der Waals surface area contributed by atoms with Crippen LogP contribution in [0.3, 0.4) is 0 Å². The first-order valence-electron chi connectivity index (χ1n) is 10.9. The number of anilines is 1. The molecule has 0 bridgehead atoms. The summed E-state index contributed by atoms with van der Waals surface area (Å²) in [5.74, 6) is 1.09. The Bertz CT molecular complexity index is 978. The van der Waals surface area contributed by atoms with E-state index in [0.717, 1.165) is 54.3 Å². The van der Waals surface area contributed by atoms with E-state index >= 15 is 0 Å². The van der Waals surface area contributed by atoms with Crippen LogP contribution in [-0.2, 0) is 4.79 Å². The van der Waals surface area contributed by atoms with Gasteiger partial charge in [-0.25, -0.2) is 4.98 Å². The van der Waals surface area contributed by atoms with Crippen LogP contribution in [0.5, 0.6) is 5.75 Å². The lowest BCUT2D eigenvalue weighted by atomic mass is 10.1. The SMILES string of the molecule is O=C(O)CCCCCOc1ccc2nc(N3CCCCC3)n(-c3ccccc3)c2c1. The topological polar surface area (TPSA) is 67.6 Å². The quantitative estimate of drug-likeness (QED) is 0.503. The molecule has 0 spiro atoms. The van der Waals surface area contributed by atoms with Crippen LogP contribution in [-0.4, -0.2) is 40.3 Å². The Morgan fingerprint density at radius 2 is 1.80 bits per heavy atom. The number of imidazole rings is 1. The van der Waals surface area contributed by atoms with E-state index in [1.54, 1.807) is 0 Å². The molecular weight excluding hydrogens is 378 g/mol. The molecule has 3 aromatic rings. The predicted molar refractivity (Wildman–Crippen MR) is 119 cm³/mol. The molecule has 1 N–H and O–H groups in total. The van der Waals surface area contributed by atoms with Gasteiger partial charge >= 0.3 is 5.97 Å². The lowest BCUT2D eigenvalue weighted by Gasteiger charge is -2.28. The Balaban J connectivity index is 1.56. The molecule has 1 aliphatic rings. The molecule has 6 heteroatoms. The highest BCUT2D eigenvalue weighted by Gasteiger charge is 2.20. The number of hydrogen-bond donors (Lipinski definition) is 1. The highest BCUT2D eigenvalue weighted by molar-refractivity contribution is 5.83. The van der Waals surface area contributed by atoms with Crippen molar-refractivity contribution in [3.8, 4) is 11.4 Å². The average molecular weight is 408 g/mol. The van der Waals surface area contributed by atoms with Crippen molar-refractivity contribution in [1.29, 1.82) is 0 Å². The second-order valence-corrected chi connectivity index (χ2v) is 7.83. The summed E-state index contributed by atoms with van der Waals surface area (Å²) in [7, 11) is 0. The standard InChI is InChI=1S/C24H29N3O3/c28-23(29)12-6-2-9-17-30-20-13-14-21-22(18-20)27(19-10-4-1-5-11-19)24(25-21)26-15-7-3-8-16-26/h1,4-5,10-11,13-14,18H,2-3,6-9,12,15-17H2,(H,28,29). The van der Waals surface area contributed by atoms with Crippen molar-refractivity contribution < 1.29 is 14.6 Å². The number of rotatable bonds is 9. The number of nitrogens with zero attached hydrogens (tertiary/aromatic N) is 3. The highest BCUT2D eigenvalue weighted by Crippen LogP contribution is 2.31. The van der Waals surface area contributed by atoms with Gasteiger partial charge in [0, 0.05) is 31.3 Å². The molecule has 1 saturated heterocycles. The fourth-order valence-electron chi connectivity index (χ4n) is 4.01. The smallest absolute Gasteiger partial charge is 0.303 e. The normalized spacial score (nSPS) is 14.2. The number of aromatic nitrogens is 2. The van der Waals surface area contributed by atoms with Crippen LogP contribution in [0.25, 0.3) is 16.7 Å². The Labute approximate surface area is 177 Å². The van der Waals surface area contributed by atoms with Gasteiger partial charge < -0.3 is 14.7 Å². The molecule has 158 valence electrons. The van der Waals surface area contributed by atoms with Gasteiger partial charge in [-0.3, -0.25) is 9.36 Å². The number of aliphatic carboxylic acids is 1. The minimum absolute atomic E-state index is 0.224. The zero-order valence-electron chi connectivity index (χ0n) is 17.3. The fraction of sp³-hybridized carbons (Fsp3) is 0.417. The molecule has 4 rings (SSSR count). The van der Waals surface area contributed by atoms with Gasteiger partial charge in [0.15, 0.2) is 0 Å². The van der Waals surface area contributed by atoms with Gasteiger partial charge in [0.25, 0.3) is 0 Å². The first-order chi connectivity index (χ1) is 14.7. The number of ether oxygens (including phenoxy) is 1. The average Bonchev–Trinajstić information content (AvgIpc) is 3.16. The Morgan fingerprint density at radius 1 is 1.00 bits per heavy atom. The van der Waals surface area contributed by atoms with E-state index in [2.05, 4.69) is 39.8 Å². The third-order valence-electron chi connectivity index (χ3n) is 5.57. The number of carboxylic acid groups (broad SMARTS) is 1. The van der Waals surface area contributed by atoms with Crippen LogP contribution in [0, 0.1) is 0 Å². The molecule has 0 atom stereocenters. The van der Waals surface area contributed by atoms with E-state index in [4.69, 9.17) is 14.8 Å². The molecule has 1 aromatic heterocycles. The van der Waals surface area contributed by atoms with Crippen LogP contribution >= 0.6 is 0 Å². The molecule has 30 heavy (non-hydrogen) atoms. The minimum Gasteiger partial charge on any atom is -0.494 e. The summed E-state index contributed by atoms with van der Waals surface area (Å²) < 4.78 is 8.20. The molecule has 0 saturated carbocycles. The van der Waals surface area contributed by atoms with Gasteiger partial charge in [-0.1, -0.05) is 18.2 Å². The Morgan fingerprint density at radius 3 is 2.57 bits per heavy atom. The number of piperidine rings is 1.